The van der Waals surface area contributed by atoms with E-state index in [1.807, 2.05) is 0 Å². The van der Waals surface area contributed by atoms with Crippen LogP contribution in [0.2, 0.25) is 0 Å². The van der Waals surface area contributed by atoms with Crippen LogP contribution in [0, 0.1) is 57.9 Å². The molecule has 0 unspecified atom stereocenters. The van der Waals surface area contributed by atoms with Gasteiger partial charge in [-0.2, -0.15) is 20.4 Å². The van der Waals surface area contributed by atoms with Crippen molar-refractivity contribution in [1.29, 1.82) is 0 Å². The van der Waals surface area contributed by atoms with Crippen LogP contribution < -0.4 is 21.3 Å². The van der Waals surface area contributed by atoms with Crippen molar-refractivity contribution in [3.63, 3.8) is 0 Å². The zero-order valence-electron chi connectivity index (χ0n) is 55.2. The van der Waals surface area contributed by atoms with E-state index in [0.29, 0.717) is 88.6 Å². The molecule has 0 radical (unpaired) electrons. The summed E-state index contributed by atoms with van der Waals surface area (Å²) in [7, 11) is 0. The van der Waals surface area contributed by atoms with Gasteiger partial charge in [0.1, 0.15) is 46.5 Å². The number of aliphatic hydroxyl groups is 2. The number of carbonyl (C=O) groups is 4. The number of aliphatic hydroxyl groups excluding tert-OH is 1. The summed E-state index contributed by atoms with van der Waals surface area (Å²) in [5.74, 6) is -5.27. The topological polar surface area (TPSA) is 272 Å². The fraction of sp³-hybridized carbons (Fsp3) is 0.158. The van der Waals surface area contributed by atoms with Crippen LogP contribution in [-0.4, -0.2) is 86.8 Å². The predicted octanol–water partition coefficient (Wildman–Crippen LogP) is 16.4. The van der Waals surface area contributed by atoms with Crippen LogP contribution in [0.4, 0.5) is 57.9 Å². The molecule has 10 N–H and O–H groups in total. The maximum Gasteiger partial charge on any atom is 0.232 e. The molecule has 0 aliphatic heterocycles. The second kappa shape index (κ2) is 31.8. The zero-order chi connectivity index (χ0) is 73.0. The van der Waals surface area contributed by atoms with E-state index in [4.69, 9.17) is 0 Å². The minimum atomic E-state index is -1.20. The van der Waals surface area contributed by atoms with Crippen LogP contribution in [0.15, 0.2) is 146 Å². The molecule has 1 fully saturated rings. The molecule has 12 aromatic rings. The normalized spacial score (nSPS) is 12.4. The minimum absolute atomic E-state index is 0.0140. The van der Waals surface area contributed by atoms with Gasteiger partial charge >= 0.3 is 0 Å². The number of amides is 4. The lowest BCUT2D eigenvalue weighted by Gasteiger charge is -2.20. The van der Waals surface area contributed by atoms with Gasteiger partial charge in [0, 0.05) is 80.9 Å². The molecular formula is C76H66F8N12O6. The number of aromatic nitrogens is 8. The van der Waals surface area contributed by atoms with Crippen molar-refractivity contribution in [3.05, 3.63) is 237 Å². The number of rotatable bonds is 17. The van der Waals surface area contributed by atoms with Gasteiger partial charge in [-0.05, 0) is 138 Å². The number of carbonyl (C=O) groups excluding carboxylic acids is 4. The summed E-state index contributed by atoms with van der Waals surface area (Å²) < 4.78 is 111. The van der Waals surface area contributed by atoms with Gasteiger partial charge in [0.15, 0.2) is 0 Å². The number of aromatic amines is 4. The SMILES string of the molecule is CC(=O)Nc1cc2c(/C=C/c3ccccc3F)n[nH]c2cc1F.CC(C)(CO)C(=O)Nc1cc2c(/C=C/c3ccccc3F)n[nH]c2cc1F.CC(C)(O)CC(=O)Nc1cc2c(/C=C/c3ccccc3F)n[nH]c2cc1F.O=C(Nc1cc2c(/C=C/c3ccccc3F)n[nH]c2cc1F)C1CC1. The van der Waals surface area contributed by atoms with Crippen LogP contribution in [0.3, 0.4) is 0 Å². The van der Waals surface area contributed by atoms with Crippen molar-refractivity contribution in [1.82, 2.24) is 40.8 Å². The summed E-state index contributed by atoms with van der Waals surface area (Å²) in [5.41, 5.74) is 3.49. The van der Waals surface area contributed by atoms with Gasteiger partial charge in [-0.1, -0.05) is 72.8 Å². The molecule has 102 heavy (non-hydrogen) atoms. The molecule has 4 aromatic heterocycles. The molecule has 18 nitrogen and oxygen atoms in total. The van der Waals surface area contributed by atoms with Crippen molar-refractivity contribution in [2.24, 2.45) is 11.3 Å². The number of hydrogen-bond acceptors (Lipinski definition) is 10. The van der Waals surface area contributed by atoms with Crippen molar-refractivity contribution < 1.29 is 64.5 Å². The van der Waals surface area contributed by atoms with E-state index in [0.717, 1.165) is 12.8 Å². The molecule has 0 atom stereocenters. The average molecular weight is 1400 g/mol. The van der Waals surface area contributed by atoms with Gasteiger partial charge in [-0.25, -0.2) is 35.1 Å². The van der Waals surface area contributed by atoms with Gasteiger partial charge in [-0.15, -0.1) is 0 Å². The molecule has 0 bridgehead atoms. The standard InChI is InChI=1S/2C20H19F2N3O2.C19H15F2N3O.C17H13F2N3O/c1-20(2,11-26)19(27)23-18-9-13-16(24-25-17(13)10-15(18)22)8-7-12-5-3-4-6-14(12)21;1-20(2,27)11-19(26)23-18-9-13-16(24-25-17(13)10-15(18)22)8-7-12-5-3-4-6-14(12)21;20-14-4-2-1-3-11(14)7-8-16-13-9-18(22-19(25)12-5-6-12)15(21)10-17(13)24-23-16;1-10(23)20-17-8-12-15(21-22-16(12)9-14(17)19)7-6-11-4-2-3-5-13(11)18/h3-10,26H,11H2,1-2H3,(H,23,27)(H,24,25);3-10,27H,11H2,1-2H3,(H,23,26)(H,24,25);1-4,7-10,12H,5-6H2,(H,22,25)(H,23,24);2-9H,1H3,(H,20,23)(H,21,22)/b3*8-7+;7-6+. The monoisotopic (exact) mass is 1390 g/mol. The first-order valence-electron chi connectivity index (χ1n) is 31.6. The lowest BCUT2D eigenvalue weighted by molar-refractivity contribution is -0.126. The molecule has 4 heterocycles. The number of fused-ring (bicyclic) bond motifs is 4. The van der Waals surface area contributed by atoms with Gasteiger partial charge < -0.3 is 31.5 Å². The Hall–Kier alpha value is -12.2. The van der Waals surface area contributed by atoms with Crippen molar-refractivity contribution in [3.8, 4) is 0 Å². The summed E-state index contributed by atoms with van der Waals surface area (Å²) in [6.07, 6.45) is 14.4. The van der Waals surface area contributed by atoms with Crippen LogP contribution in [-0.2, 0) is 19.2 Å². The highest BCUT2D eigenvalue weighted by atomic mass is 19.2. The average Bonchev–Trinajstić information content (AvgIpc) is 1.65. The molecule has 522 valence electrons. The first-order valence-corrected chi connectivity index (χ1v) is 31.6. The van der Waals surface area contributed by atoms with E-state index in [2.05, 4.69) is 62.1 Å². The first kappa shape index (κ1) is 72.6. The largest absolute Gasteiger partial charge is 0.395 e. The van der Waals surface area contributed by atoms with E-state index in [9.17, 15) is 64.5 Å². The summed E-state index contributed by atoms with van der Waals surface area (Å²) in [5, 5.41) is 58.7. The van der Waals surface area contributed by atoms with E-state index in [1.54, 1.807) is 141 Å². The summed E-state index contributed by atoms with van der Waals surface area (Å²) in [6, 6.07) is 36.3. The smallest absolute Gasteiger partial charge is 0.232 e. The number of halogens is 8. The Morgan fingerprint density at radius 1 is 0.431 bits per heavy atom. The van der Waals surface area contributed by atoms with E-state index < -0.39 is 46.1 Å². The number of hydrogen-bond donors (Lipinski definition) is 10. The third-order valence-corrected chi connectivity index (χ3v) is 15.7. The summed E-state index contributed by atoms with van der Waals surface area (Å²) >= 11 is 0. The van der Waals surface area contributed by atoms with E-state index >= 15 is 0 Å². The predicted molar refractivity (Wildman–Crippen MR) is 380 cm³/mol. The van der Waals surface area contributed by atoms with Crippen LogP contribution in [0.25, 0.3) is 92.2 Å². The third-order valence-electron chi connectivity index (χ3n) is 15.7. The number of benzene rings is 8. The molecule has 4 amide bonds. The van der Waals surface area contributed by atoms with E-state index in [1.165, 1.54) is 87.5 Å². The summed E-state index contributed by atoms with van der Waals surface area (Å²) in [6.45, 7) is 7.03. The molecule has 26 heteroatoms. The molecule has 0 spiro atoms. The van der Waals surface area contributed by atoms with Crippen molar-refractivity contribution >= 4 is 139 Å². The Balaban J connectivity index is 0.000000147. The van der Waals surface area contributed by atoms with Crippen LogP contribution in [0.5, 0.6) is 0 Å². The van der Waals surface area contributed by atoms with Gasteiger partial charge in [-0.3, -0.25) is 39.6 Å². The second-order valence-electron chi connectivity index (χ2n) is 24.8. The number of anilines is 4. The second-order valence-corrected chi connectivity index (χ2v) is 24.8. The Bertz CT molecular complexity index is 5240. The lowest BCUT2D eigenvalue weighted by Crippen LogP contribution is -2.34. The fourth-order valence-corrected chi connectivity index (χ4v) is 9.96. The molecule has 13 rings (SSSR count). The summed E-state index contributed by atoms with van der Waals surface area (Å²) in [4.78, 5) is 47.2. The number of H-pyrrole nitrogens is 4. The van der Waals surface area contributed by atoms with Crippen LogP contribution in [0.1, 0.15) is 98.9 Å². The first-order chi connectivity index (χ1) is 48.7. The Morgan fingerprint density at radius 3 is 1.01 bits per heavy atom. The maximum atomic E-state index is 14.3. The highest BCUT2D eigenvalue weighted by Crippen LogP contribution is 2.34. The number of nitrogens with zero attached hydrogens (tertiary/aromatic N) is 4. The Kier molecular flexibility index (Phi) is 22.6. The Labute approximate surface area is 577 Å². The molecular weight excluding hydrogens is 1330 g/mol. The maximum absolute atomic E-state index is 14.3. The molecule has 1 aliphatic rings. The zero-order valence-corrected chi connectivity index (χ0v) is 55.2. The lowest BCUT2D eigenvalue weighted by atomic mass is 9.93. The van der Waals surface area contributed by atoms with E-state index in [-0.39, 0.29) is 76.8 Å². The van der Waals surface area contributed by atoms with Crippen molar-refractivity contribution in [2.75, 3.05) is 27.9 Å². The highest BCUT2D eigenvalue weighted by molar-refractivity contribution is 6.01. The molecule has 8 aromatic carbocycles. The third kappa shape index (κ3) is 18.6. The Morgan fingerprint density at radius 2 is 0.725 bits per heavy atom. The van der Waals surface area contributed by atoms with Crippen molar-refractivity contribution in [2.45, 2.75) is 59.5 Å². The van der Waals surface area contributed by atoms with Gasteiger partial charge in [0.05, 0.1) is 91.6 Å². The van der Waals surface area contributed by atoms with Gasteiger partial charge in [0.25, 0.3) is 0 Å². The highest BCUT2D eigenvalue weighted by Gasteiger charge is 2.31. The molecule has 0 saturated heterocycles. The molecule has 1 saturated carbocycles. The number of nitrogens with one attached hydrogen (secondary N) is 8. The fourth-order valence-electron chi connectivity index (χ4n) is 9.96. The molecule has 1 aliphatic carbocycles. The quantitative estimate of drug-likeness (QED) is 0.0385. The van der Waals surface area contributed by atoms with Gasteiger partial charge in [0.2, 0.25) is 23.6 Å². The van der Waals surface area contributed by atoms with Crippen LogP contribution >= 0.6 is 0 Å². The minimum Gasteiger partial charge on any atom is -0.395 e.